The van der Waals surface area contributed by atoms with Crippen LogP contribution in [0.4, 0.5) is 0 Å². The van der Waals surface area contributed by atoms with Crippen LogP contribution in [-0.2, 0) is 16.6 Å². The molecule has 0 saturated carbocycles. The van der Waals surface area contributed by atoms with Crippen molar-refractivity contribution in [3.8, 4) is 0 Å². The van der Waals surface area contributed by atoms with Gasteiger partial charge in [-0.05, 0) is 26.5 Å². The number of aliphatic hydroxyl groups excluding tert-OH is 1. The maximum atomic E-state index is 12.9. The molecule has 0 aliphatic heterocycles. The summed E-state index contributed by atoms with van der Waals surface area (Å²) >= 11 is 1.64. The Morgan fingerprint density at radius 2 is 2.05 bits per heavy atom. The topological polar surface area (TPSA) is 75.4 Å². The molecule has 0 radical (unpaired) electrons. The Labute approximate surface area is 131 Å². The van der Waals surface area contributed by atoms with Gasteiger partial charge in [-0.1, -0.05) is 6.92 Å². The van der Waals surface area contributed by atoms with Crippen molar-refractivity contribution in [1.29, 1.82) is 0 Å². The molecule has 1 heterocycles. The lowest BCUT2D eigenvalue weighted by Crippen LogP contribution is -2.38. The molecule has 0 aliphatic carbocycles. The number of sulfonamides is 1. The molecule has 0 fully saturated rings. The van der Waals surface area contributed by atoms with Gasteiger partial charge in [-0.2, -0.15) is 21.2 Å². The van der Waals surface area contributed by atoms with Crippen molar-refractivity contribution in [3.63, 3.8) is 0 Å². The highest BCUT2D eigenvalue weighted by Gasteiger charge is 2.32. The van der Waals surface area contributed by atoms with Crippen LogP contribution < -0.4 is 0 Å². The molecule has 1 rings (SSSR count). The summed E-state index contributed by atoms with van der Waals surface area (Å²) in [7, 11) is -1.95. The summed E-state index contributed by atoms with van der Waals surface area (Å²) in [6.45, 7) is 5.64. The van der Waals surface area contributed by atoms with Crippen LogP contribution in [0.2, 0.25) is 0 Å². The summed E-state index contributed by atoms with van der Waals surface area (Å²) in [5.74, 6) is 0.759. The SMILES string of the molecule is CCC(CSC)N(C)S(=O)(=O)c1c(C)nn(CCO)c1C. The molecule has 8 heteroatoms. The van der Waals surface area contributed by atoms with Crippen molar-refractivity contribution < 1.29 is 13.5 Å². The zero-order chi connectivity index (χ0) is 16.2. The Kier molecular flexibility index (Phi) is 6.71. The van der Waals surface area contributed by atoms with Crippen molar-refractivity contribution in [3.05, 3.63) is 11.4 Å². The van der Waals surface area contributed by atoms with Crippen molar-refractivity contribution in [1.82, 2.24) is 14.1 Å². The summed E-state index contributed by atoms with van der Waals surface area (Å²) in [5, 5.41) is 13.3. The van der Waals surface area contributed by atoms with Crippen LogP contribution in [-0.4, -0.2) is 59.3 Å². The van der Waals surface area contributed by atoms with E-state index in [1.54, 1.807) is 37.3 Å². The third kappa shape index (κ3) is 3.80. The van der Waals surface area contributed by atoms with Crippen LogP contribution in [0.5, 0.6) is 0 Å². The molecule has 1 aromatic rings. The Bertz CT molecular complexity index is 569. The number of aryl methyl sites for hydroxylation is 1. The first-order valence-electron chi connectivity index (χ1n) is 6.93. The predicted molar refractivity (Wildman–Crippen MR) is 86.2 cm³/mol. The van der Waals surface area contributed by atoms with E-state index in [9.17, 15) is 8.42 Å². The van der Waals surface area contributed by atoms with E-state index in [-0.39, 0.29) is 17.5 Å². The number of rotatable bonds is 8. The normalized spacial score (nSPS) is 13.9. The van der Waals surface area contributed by atoms with Crippen LogP contribution >= 0.6 is 11.8 Å². The highest BCUT2D eigenvalue weighted by molar-refractivity contribution is 7.98. The zero-order valence-electron chi connectivity index (χ0n) is 13.3. The highest BCUT2D eigenvalue weighted by Crippen LogP contribution is 2.25. The molecule has 0 aromatic carbocycles. The maximum absolute atomic E-state index is 12.9. The van der Waals surface area contributed by atoms with Gasteiger partial charge < -0.3 is 5.11 Å². The second-order valence-electron chi connectivity index (χ2n) is 4.99. The van der Waals surface area contributed by atoms with Gasteiger partial charge in [-0.15, -0.1) is 0 Å². The predicted octanol–water partition coefficient (Wildman–Crippen LogP) is 1.25. The Hall–Kier alpha value is -0.570. The first kappa shape index (κ1) is 18.5. The zero-order valence-corrected chi connectivity index (χ0v) is 15.0. The molecule has 1 atom stereocenters. The van der Waals surface area contributed by atoms with Crippen LogP contribution in [0.25, 0.3) is 0 Å². The van der Waals surface area contributed by atoms with Crippen LogP contribution in [0, 0.1) is 13.8 Å². The summed E-state index contributed by atoms with van der Waals surface area (Å²) < 4.78 is 28.7. The van der Waals surface area contributed by atoms with Gasteiger partial charge in [0.25, 0.3) is 0 Å². The molecule has 0 aliphatic rings. The average molecular weight is 335 g/mol. The van der Waals surface area contributed by atoms with Gasteiger partial charge in [-0.25, -0.2) is 8.42 Å². The third-order valence-electron chi connectivity index (χ3n) is 3.61. The Morgan fingerprint density at radius 3 is 2.52 bits per heavy atom. The third-order valence-corrected chi connectivity index (χ3v) is 6.49. The van der Waals surface area contributed by atoms with Crippen LogP contribution in [0.3, 0.4) is 0 Å². The molecule has 0 amide bonds. The molecule has 0 spiro atoms. The van der Waals surface area contributed by atoms with Crippen molar-refractivity contribution in [2.45, 2.75) is 44.7 Å². The van der Waals surface area contributed by atoms with E-state index < -0.39 is 10.0 Å². The minimum absolute atomic E-state index is 0.0370. The first-order valence-corrected chi connectivity index (χ1v) is 9.76. The fourth-order valence-electron chi connectivity index (χ4n) is 2.38. The van der Waals surface area contributed by atoms with E-state index in [0.29, 0.717) is 17.9 Å². The molecule has 1 N–H and O–H groups in total. The molecule has 21 heavy (non-hydrogen) atoms. The minimum Gasteiger partial charge on any atom is -0.394 e. The van der Waals surface area contributed by atoms with Gasteiger partial charge in [0.2, 0.25) is 10.0 Å². The number of nitrogens with zero attached hydrogens (tertiary/aromatic N) is 3. The van der Waals surface area contributed by atoms with Crippen LogP contribution in [0.15, 0.2) is 4.90 Å². The van der Waals surface area contributed by atoms with Crippen molar-refractivity contribution in [2.75, 3.05) is 25.7 Å². The van der Waals surface area contributed by atoms with E-state index in [1.807, 2.05) is 13.2 Å². The van der Waals surface area contributed by atoms with Crippen molar-refractivity contribution >= 4 is 21.8 Å². The van der Waals surface area contributed by atoms with Crippen LogP contribution in [0.1, 0.15) is 24.7 Å². The fourth-order valence-corrected chi connectivity index (χ4v) is 5.11. The van der Waals surface area contributed by atoms with Gasteiger partial charge in [0.15, 0.2) is 0 Å². The molecule has 1 aromatic heterocycles. The standard InChI is InChI=1S/C13H25N3O3S2/c1-6-12(9-20-5)15(4)21(18,19)13-10(2)14-16(7-8-17)11(13)3/h12,17H,6-9H2,1-5H3. The van der Waals surface area contributed by atoms with E-state index >= 15 is 0 Å². The minimum atomic E-state index is -3.58. The van der Waals surface area contributed by atoms with Gasteiger partial charge in [0.1, 0.15) is 4.90 Å². The van der Waals surface area contributed by atoms with E-state index in [1.165, 1.54) is 4.31 Å². The number of hydrogen-bond acceptors (Lipinski definition) is 5. The van der Waals surface area contributed by atoms with E-state index in [0.717, 1.165) is 12.2 Å². The largest absolute Gasteiger partial charge is 0.394 e. The summed E-state index contributed by atoms with van der Waals surface area (Å²) in [4.78, 5) is 0.262. The lowest BCUT2D eigenvalue weighted by molar-refractivity contribution is 0.267. The van der Waals surface area contributed by atoms with Gasteiger partial charge in [-0.3, -0.25) is 4.68 Å². The summed E-state index contributed by atoms with van der Waals surface area (Å²) in [6.07, 6.45) is 2.73. The number of thioether (sulfide) groups is 1. The number of aliphatic hydroxyl groups is 1. The number of hydrogen-bond donors (Lipinski definition) is 1. The second kappa shape index (κ2) is 7.62. The molecular formula is C13H25N3O3S2. The highest BCUT2D eigenvalue weighted by atomic mass is 32.2. The lowest BCUT2D eigenvalue weighted by Gasteiger charge is -2.26. The summed E-state index contributed by atoms with van der Waals surface area (Å²) in [5.41, 5.74) is 1.05. The molecule has 6 nitrogen and oxygen atoms in total. The van der Waals surface area contributed by atoms with Gasteiger partial charge in [0, 0.05) is 18.8 Å². The monoisotopic (exact) mass is 335 g/mol. The molecule has 1 unspecified atom stereocenters. The molecule has 122 valence electrons. The smallest absolute Gasteiger partial charge is 0.246 e. The Morgan fingerprint density at radius 1 is 1.43 bits per heavy atom. The van der Waals surface area contributed by atoms with E-state index in [2.05, 4.69) is 5.10 Å². The average Bonchev–Trinajstić information content (AvgIpc) is 2.71. The van der Waals surface area contributed by atoms with E-state index in [4.69, 9.17) is 5.11 Å². The number of aromatic nitrogens is 2. The fraction of sp³-hybridized carbons (Fsp3) is 0.769. The maximum Gasteiger partial charge on any atom is 0.246 e. The van der Waals surface area contributed by atoms with Gasteiger partial charge in [0.05, 0.1) is 24.5 Å². The van der Waals surface area contributed by atoms with Gasteiger partial charge >= 0.3 is 0 Å². The van der Waals surface area contributed by atoms with Crippen molar-refractivity contribution in [2.24, 2.45) is 0 Å². The molecular weight excluding hydrogens is 310 g/mol. The second-order valence-corrected chi connectivity index (χ2v) is 7.83. The first-order chi connectivity index (χ1) is 9.81. The quantitative estimate of drug-likeness (QED) is 0.774. The molecule has 0 bridgehead atoms. The lowest BCUT2D eigenvalue weighted by atomic mass is 10.3. The molecule has 0 saturated heterocycles. The summed E-state index contributed by atoms with van der Waals surface area (Å²) in [6, 6.07) is -0.0370. The Balaban J connectivity index is 3.24.